The summed E-state index contributed by atoms with van der Waals surface area (Å²) in [6, 6.07) is 4.56. The van der Waals surface area contributed by atoms with Crippen LogP contribution in [-0.2, 0) is 4.79 Å². The van der Waals surface area contributed by atoms with Gasteiger partial charge in [-0.2, -0.15) is 4.99 Å². The predicted octanol–water partition coefficient (Wildman–Crippen LogP) is 1.75. The molecule has 1 heterocycles. The van der Waals surface area contributed by atoms with Gasteiger partial charge < -0.3 is 10.0 Å². The van der Waals surface area contributed by atoms with Gasteiger partial charge in [-0.3, -0.25) is 0 Å². The molecule has 1 fully saturated rings. The van der Waals surface area contributed by atoms with Gasteiger partial charge in [0.2, 0.25) is 6.08 Å². The van der Waals surface area contributed by atoms with Crippen LogP contribution in [0.15, 0.2) is 23.2 Å². The highest BCUT2D eigenvalue weighted by atomic mass is 19.1. The zero-order valence-electron chi connectivity index (χ0n) is 9.27. The van der Waals surface area contributed by atoms with E-state index in [-0.39, 0.29) is 11.8 Å². The van der Waals surface area contributed by atoms with Crippen molar-refractivity contribution in [3.8, 4) is 0 Å². The normalized spacial score (nSPS) is 16.7. The zero-order valence-corrected chi connectivity index (χ0v) is 9.27. The number of anilines is 1. The molecular formula is C12H13FN2O2. The van der Waals surface area contributed by atoms with E-state index in [0.29, 0.717) is 31.6 Å². The van der Waals surface area contributed by atoms with Crippen molar-refractivity contribution in [2.45, 2.75) is 18.9 Å². The van der Waals surface area contributed by atoms with Gasteiger partial charge in [-0.15, -0.1) is 0 Å². The molecule has 90 valence electrons. The second kappa shape index (κ2) is 5.08. The number of carbonyl (C=O) groups excluding carboxylic acids is 1. The summed E-state index contributed by atoms with van der Waals surface area (Å²) in [7, 11) is 0. The van der Waals surface area contributed by atoms with Crippen molar-refractivity contribution < 1.29 is 14.3 Å². The minimum atomic E-state index is -0.531. The molecule has 1 aliphatic rings. The molecule has 0 saturated carbocycles. The molecule has 4 nitrogen and oxygen atoms in total. The maximum absolute atomic E-state index is 13.5. The fourth-order valence-corrected chi connectivity index (χ4v) is 2.02. The number of aliphatic imine (C=N–C) groups is 1. The van der Waals surface area contributed by atoms with Crippen molar-refractivity contribution in [3.05, 3.63) is 24.0 Å². The lowest BCUT2D eigenvalue weighted by atomic mass is 10.1. The smallest absolute Gasteiger partial charge is 0.240 e. The number of piperidine rings is 1. The molecule has 0 aliphatic carbocycles. The molecule has 0 radical (unpaired) electrons. The topological polar surface area (TPSA) is 52.9 Å². The highest BCUT2D eigenvalue weighted by Gasteiger charge is 2.20. The second-order valence-corrected chi connectivity index (χ2v) is 4.03. The van der Waals surface area contributed by atoms with Crippen LogP contribution >= 0.6 is 0 Å². The summed E-state index contributed by atoms with van der Waals surface area (Å²) in [4.78, 5) is 15.6. The van der Waals surface area contributed by atoms with Crippen molar-refractivity contribution in [2.24, 2.45) is 4.99 Å². The lowest BCUT2D eigenvalue weighted by Gasteiger charge is -2.32. The minimum Gasteiger partial charge on any atom is -0.393 e. The molecule has 0 spiro atoms. The molecule has 0 atom stereocenters. The van der Waals surface area contributed by atoms with Crippen molar-refractivity contribution in [1.29, 1.82) is 0 Å². The first-order valence-electron chi connectivity index (χ1n) is 5.52. The molecule has 5 heteroatoms. The van der Waals surface area contributed by atoms with Crippen LogP contribution in [0.3, 0.4) is 0 Å². The van der Waals surface area contributed by atoms with E-state index in [9.17, 15) is 14.3 Å². The lowest BCUT2D eigenvalue weighted by Crippen LogP contribution is -2.35. The van der Waals surface area contributed by atoms with E-state index in [4.69, 9.17) is 0 Å². The molecule has 1 aromatic rings. The van der Waals surface area contributed by atoms with Crippen LogP contribution in [0.1, 0.15) is 12.8 Å². The fraction of sp³-hybridized carbons (Fsp3) is 0.417. The monoisotopic (exact) mass is 236 g/mol. The van der Waals surface area contributed by atoms with Gasteiger partial charge >= 0.3 is 0 Å². The van der Waals surface area contributed by atoms with Crippen LogP contribution in [0, 0.1) is 5.82 Å². The molecule has 17 heavy (non-hydrogen) atoms. The van der Waals surface area contributed by atoms with Gasteiger partial charge in [-0.25, -0.2) is 9.18 Å². The summed E-state index contributed by atoms with van der Waals surface area (Å²) < 4.78 is 13.5. The number of hydrogen-bond acceptors (Lipinski definition) is 4. The Morgan fingerprint density at radius 1 is 1.41 bits per heavy atom. The molecule has 0 amide bonds. The van der Waals surface area contributed by atoms with Crippen molar-refractivity contribution in [2.75, 3.05) is 18.0 Å². The molecule has 1 N–H and O–H groups in total. The van der Waals surface area contributed by atoms with Gasteiger partial charge in [0.1, 0.15) is 5.69 Å². The third kappa shape index (κ3) is 2.52. The summed E-state index contributed by atoms with van der Waals surface area (Å²) in [5.74, 6) is -0.531. The third-order valence-corrected chi connectivity index (χ3v) is 2.93. The van der Waals surface area contributed by atoms with Crippen LogP contribution in [0.4, 0.5) is 15.8 Å². The Hall–Kier alpha value is -1.71. The number of isocyanates is 1. The number of aliphatic hydroxyl groups is 1. The van der Waals surface area contributed by atoms with Crippen LogP contribution in [-0.4, -0.2) is 30.4 Å². The first-order chi connectivity index (χ1) is 8.22. The summed E-state index contributed by atoms with van der Waals surface area (Å²) >= 11 is 0. The molecule has 0 aromatic heterocycles. The molecule has 2 rings (SSSR count). The van der Waals surface area contributed by atoms with Crippen LogP contribution in [0.5, 0.6) is 0 Å². The van der Waals surface area contributed by atoms with Gasteiger partial charge in [0, 0.05) is 13.1 Å². The molecule has 0 unspecified atom stereocenters. The number of aliphatic hydroxyl groups excluding tert-OH is 1. The SMILES string of the molecule is O=C=Nc1c(F)cccc1N1CCC(O)CC1. The Morgan fingerprint density at radius 2 is 2.12 bits per heavy atom. The van der Waals surface area contributed by atoms with E-state index in [1.165, 1.54) is 12.1 Å². The standard InChI is InChI=1S/C12H13FN2O2/c13-10-2-1-3-11(12(10)14-8-16)15-6-4-9(17)5-7-15/h1-3,9,17H,4-7H2. The first kappa shape index (κ1) is 11.8. The average molecular weight is 236 g/mol. The van der Waals surface area contributed by atoms with Gasteiger partial charge in [0.15, 0.2) is 5.82 Å². The maximum Gasteiger partial charge on any atom is 0.240 e. The van der Waals surface area contributed by atoms with Crippen molar-refractivity contribution in [1.82, 2.24) is 0 Å². The Balaban J connectivity index is 2.31. The van der Waals surface area contributed by atoms with E-state index in [1.54, 1.807) is 12.1 Å². The Labute approximate surface area is 98.4 Å². The number of halogens is 1. The van der Waals surface area contributed by atoms with Crippen LogP contribution < -0.4 is 4.90 Å². The van der Waals surface area contributed by atoms with E-state index >= 15 is 0 Å². The second-order valence-electron chi connectivity index (χ2n) is 4.03. The van der Waals surface area contributed by atoms with E-state index < -0.39 is 5.82 Å². The lowest BCUT2D eigenvalue weighted by molar-refractivity contribution is 0.145. The Kier molecular flexibility index (Phi) is 3.52. The number of benzene rings is 1. The van der Waals surface area contributed by atoms with E-state index in [0.717, 1.165) is 0 Å². The van der Waals surface area contributed by atoms with Gasteiger partial charge in [0.25, 0.3) is 0 Å². The Morgan fingerprint density at radius 3 is 2.76 bits per heavy atom. The highest BCUT2D eigenvalue weighted by Crippen LogP contribution is 2.32. The van der Waals surface area contributed by atoms with Gasteiger partial charge in [-0.05, 0) is 25.0 Å². The zero-order chi connectivity index (χ0) is 12.3. The largest absolute Gasteiger partial charge is 0.393 e. The quantitative estimate of drug-likeness (QED) is 0.628. The highest BCUT2D eigenvalue weighted by molar-refractivity contribution is 5.70. The summed E-state index contributed by atoms with van der Waals surface area (Å²) in [6.45, 7) is 1.26. The first-order valence-corrected chi connectivity index (χ1v) is 5.52. The molecule has 1 aliphatic heterocycles. The predicted molar refractivity (Wildman–Crippen MR) is 61.6 cm³/mol. The number of para-hydroxylation sites is 1. The van der Waals surface area contributed by atoms with Crippen molar-refractivity contribution >= 4 is 17.5 Å². The molecule has 1 saturated heterocycles. The number of hydrogen-bond donors (Lipinski definition) is 1. The Bertz CT molecular complexity index is 450. The number of rotatable bonds is 2. The maximum atomic E-state index is 13.5. The van der Waals surface area contributed by atoms with Gasteiger partial charge in [0.05, 0.1) is 11.8 Å². The number of nitrogens with zero attached hydrogens (tertiary/aromatic N) is 2. The molecule has 0 bridgehead atoms. The minimum absolute atomic E-state index is 0.0267. The van der Waals surface area contributed by atoms with Crippen LogP contribution in [0.25, 0.3) is 0 Å². The van der Waals surface area contributed by atoms with E-state index in [2.05, 4.69) is 4.99 Å². The summed E-state index contributed by atoms with van der Waals surface area (Å²) in [6.07, 6.45) is 2.36. The fourth-order valence-electron chi connectivity index (χ4n) is 2.02. The summed E-state index contributed by atoms with van der Waals surface area (Å²) in [5, 5.41) is 9.41. The van der Waals surface area contributed by atoms with Crippen molar-refractivity contribution in [3.63, 3.8) is 0 Å². The summed E-state index contributed by atoms with van der Waals surface area (Å²) in [5.41, 5.74) is 0.610. The molecule has 1 aromatic carbocycles. The van der Waals surface area contributed by atoms with Crippen LogP contribution in [0.2, 0.25) is 0 Å². The average Bonchev–Trinajstić information content (AvgIpc) is 2.33. The van der Waals surface area contributed by atoms with Gasteiger partial charge in [-0.1, -0.05) is 6.07 Å². The molecular weight excluding hydrogens is 223 g/mol. The third-order valence-electron chi connectivity index (χ3n) is 2.93. The van der Waals surface area contributed by atoms with E-state index in [1.807, 2.05) is 4.90 Å².